The molecule has 0 aromatic heterocycles. The molecule has 1 saturated heterocycles. The Bertz CT molecular complexity index is 551. The number of aromatic hydroxyl groups is 1. The lowest BCUT2D eigenvalue weighted by Crippen LogP contribution is -2.42. The Morgan fingerprint density at radius 2 is 1.95 bits per heavy atom. The van der Waals surface area contributed by atoms with E-state index in [2.05, 4.69) is 0 Å². The normalized spacial score (nSPS) is 19.4. The van der Waals surface area contributed by atoms with Gasteiger partial charge in [-0.3, -0.25) is 4.79 Å². The van der Waals surface area contributed by atoms with Crippen LogP contribution in [-0.4, -0.2) is 40.2 Å². The Labute approximate surface area is 119 Å². The van der Waals surface area contributed by atoms with E-state index in [0.29, 0.717) is 25.5 Å². The van der Waals surface area contributed by atoms with E-state index in [9.17, 15) is 28.2 Å². The van der Waals surface area contributed by atoms with Crippen molar-refractivity contribution in [3.63, 3.8) is 0 Å². The van der Waals surface area contributed by atoms with E-state index in [1.807, 2.05) is 0 Å². The largest absolute Gasteiger partial charge is 0.503 e. The van der Waals surface area contributed by atoms with Gasteiger partial charge in [0.25, 0.3) is 5.91 Å². The predicted molar refractivity (Wildman–Crippen MR) is 68.4 cm³/mol. The van der Waals surface area contributed by atoms with E-state index in [0.717, 1.165) is 12.8 Å². The predicted octanol–water partition coefficient (Wildman–Crippen LogP) is 2.19. The van der Waals surface area contributed by atoms with Gasteiger partial charge in [0.1, 0.15) is 0 Å². The van der Waals surface area contributed by atoms with Crippen molar-refractivity contribution in [2.75, 3.05) is 13.2 Å². The lowest BCUT2D eigenvalue weighted by molar-refractivity contribution is 0.0593. The second-order valence-corrected chi connectivity index (χ2v) is 5.07. The van der Waals surface area contributed by atoms with Crippen LogP contribution in [0, 0.1) is 17.5 Å². The number of phenols is 1. The number of phenolic OH excluding ortho intramolecular Hbond substituents is 1. The molecule has 4 nitrogen and oxygen atoms in total. The van der Waals surface area contributed by atoms with Crippen molar-refractivity contribution in [1.82, 2.24) is 4.90 Å². The van der Waals surface area contributed by atoms with Crippen LogP contribution in [0.4, 0.5) is 13.2 Å². The molecule has 2 N–H and O–H groups in total. The van der Waals surface area contributed by atoms with E-state index in [1.165, 1.54) is 4.90 Å². The van der Waals surface area contributed by atoms with Crippen LogP contribution < -0.4 is 0 Å². The topological polar surface area (TPSA) is 60.8 Å². The molecule has 21 heavy (non-hydrogen) atoms. The minimum atomic E-state index is -1.72. The highest BCUT2D eigenvalue weighted by atomic mass is 19.2. The van der Waals surface area contributed by atoms with Crippen LogP contribution in [0.25, 0.3) is 0 Å². The van der Waals surface area contributed by atoms with Gasteiger partial charge < -0.3 is 15.1 Å². The molecule has 0 aliphatic carbocycles. The van der Waals surface area contributed by atoms with Gasteiger partial charge in [0.05, 0.1) is 18.2 Å². The summed E-state index contributed by atoms with van der Waals surface area (Å²) in [6.07, 6.45) is 2.92. The van der Waals surface area contributed by atoms with Crippen LogP contribution in [0.15, 0.2) is 6.07 Å². The molecule has 116 valence electrons. The van der Waals surface area contributed by atoms with Gasteiger partial charge in [0.2, 0.25) is 5.82 Å². The number of hydrogen-bond donors (Lipinski definition) is 2. The number of nitrogens with zero attached hydrogens (tertiary/aromatic N) is 1. The average Bonchev–Trinajstić information content (AvgIpc) is 2.73. The van der Waals surface area contributed by atoms with Crippen molar-refractivity contribution in [2.45, 2.75) is 31.7 Å². The summed E-state index contributed by atoms with van der Waals surface area (Å²) in [6.45, 7) is 0.00623. The first-order valence-electron chi connectivity index (χ1n) is 6.75. The third kappa shape index (κ3) is 2.97. The van der Waals surface area contributed by atoms with E-state index < -0.39 is 40.7 Å². The van der Waals surface area contributed by atoms with Crippen LogP contribution >= 0.6 is 0 Å². The lowest BCUT2D eigenvalue weighted by Gasteiger charge is -2.29. The first kappa shape index (κ1) is 15.6. The van der Waals surface area contributed by atoms with Crippen molar-refractivity contribution < 1.29 is 28.2 Å². The smallest absolute Gasteiger partial charge is 0.257 e. The van der Waals surface area contributed by atoms with Crippen molar-refractivity contribution in [1.29, 1.82) is 0 Å². The fraction of sp³-hybridized carbons (Fsp3) is 0.500. The molecule has 7 heteroatoms. The molecule has 1 heterocycles. The van der Waals surface area contributed by atoms with E-state index in [-0.39, 0.29) is 6.61 Å². The van der Waals surface area contributed by atoms with Gasteiger partial charge in [-0.05, 0) is 18.9 Å². The maximum atomic E-state index is 13.8. The SMILES string of the molecule is O=C(c1cc(F)c(F)c(O)c1F)N1CCCCCC1CO. The number of amides is 1. The highest BCUT2D eigenvalue weighted by molar-refractivity contribution is 5.95. The number of halogens is 3. The average molecular weight is 303 g/mol. The van der Waals surface area contributed by atoms with Crippen molar-refractivity contribution >= 4 is 5.91 Å². The molecule has 1 aromatic carbocycles. The number of rotatable bonds is 2. The van der Waals surface area contributed by atoms with Gasteiger partial charge >= 0.3 is 0 Å². The molecular formula is C14H16F3NO3. The third-order valence-corrected chi connectivity index (χ3v) is 3.71. The Hall–Kier alpha value is -1.76. The summed E-state index contributed by atoms with van der Waals surface area (Å²) in [4.78, 5) is 13.6. The molecule has 0 saturated carbocycles. The van der Waals surface area contributed by atoms with Gasteiger partial charge in [0.15, 0.2) is 17.4 Å². The van der Waals surface area contributed by atoms with Gasteiger partial charge in [-0.25, -0.2) is 8.78 Å². The minimum Gasteiger partial charge on any atom is -0.503 e. The van der Waals surface area contributed by atoms with E-state index in [4.69, 9.17) is 0 Å². The summed E-state index contributed by atoms with van der Waals surface area (Å²) in [5.74, 6) is -7.07. The molecule has 0 radical (unpaired) electrons. The summed E-state index contributed by atoms with van der Waals surface area (Å²) in [5, 5.41) is 18.5. The van der Waals surface area contributed by atoms with Crippen LogP contribution in [0.1, 0.15) is 36.0 Å². The Kier molecular flexibility index (Phi) is 4.72. The number of benzene rings is 1. The fourth-order valence-electron chi connectivity index (χ4n) is 2.54. The molecule has 1 aromatic rings. The number of hydrogen-bond acceptors (Lipinski definition) is 3. The zero-order valence-corrected chi connectivity index (χ0v) is 11.3. The quantitative estimate of drug-likeness (QED) is 0.823. The molecule has 1 aliphatic heterocycles. The van der Waals surface area contributed by atoms with Gasteiger partial charge in [0, 0.05) is 6.54 Å². The highest BCUT2D eigenvalue weighted by Crippen LogP contribution is 2.28. The molecule has 1 aliphatic rings. The molecule has 1 amide bonds. The molecule has 0 spiro atoms. The third-order valence-electron chi connectivity index (χ3n) is 3.71. The Morgan fingerprint density at radius 3 is 2.62 bits per heavy atom. The standard InChI is InChI=1S/C14H16F3NO3/c15-10-6-9(11(16)13(20)12(10)17)14(21)18-5-3-1-2-4-8(18)7-19/h6,8,19-20H,1-5,7H2. The first-order valence-corrected chi connectivity index (χ1v) is 6.75. The summed E-state index contributed by atoms with van der Waals surface area (Å²) in [6, 6.07) is -0.0545. The van der Waals surface area contributed by atoms with Crippen LogP contribution in [0.2, 0.25) is 0 Å². The maximum Gasteiger partial charge on any atom is 0.257 e. The monoisotopic (exact) mass is 303 g/mol. The number of carbonyl (C=O) groups excluding carboxylic acids is 1. The summed E-state index contributed by atoms with van der Waals surface area (Å²) < 4.78 is 40.2. The van der Waals surface area contributed by atoms with Gasteiger partial charge in [-0.15, -0.1) is 0 Å². The zero-order valence-electron chi connectivity index (χ0n) is 11.3. The van der Waals surface area contributed by atoms with Crippen LogP contribution in [0.5, 0.6) is 5.75 Å². The summed E-state index contributed by atoms with van der Waals surface area (Å²) in [5.41, 5.74) is -0.730. The first-order chi connectivity index (χ1) is 9.97. The molecule has 1 atom stereocenters. The fourth-order valence-corrected chi connectivity index (χ4v) is 2.54. The van der Waals surface area contributed by atoms with E-state index >= 15 is 0 Å². The lowest BCUT2D eigenvalue weighted by atomic mass is 10.1. The second-order valence-electron chi connectivity index (χ2n) is 5.07. The second kappa shape index (κ2) is 6.34. The number of aliphatic hydroxyl groups is 1. The summed E-state index contributed by atoms with van der Waals surface area (Å²) >= 11 is 0. The molecular weight excluding hydrogens is 287 g/mol. The number of likely N-dealkylation sites (tertiary alicyclic amines) is 1. The molecule has 2 rings (SSSR count). The Morgan fingerprint density at radius 1 is 1.24 bits per heavy atom. The number of aliphatic hydroxyl groups excluding tert-OH is 1. The minimum absolute atomic E-state index is 0.289. The number of carbonyl (C=O) groups is 1. The van der Waals surface area contributed by atoms with Gasteiger partial charge in [-0.2, -0.15) is 4.39 Å². The molecule has 1 unspecified atom stereocenters. The molecule has 1 fully saturated rings. The zero-order chi connectivity index (χ0) is 15.6. The van der Waals surface area contributed by atoms with Crippen molar-refractivity contribution in [2.24, 2.45) is 0 Å². The molecule has 0 bridgehead atoms. The highest BCUT2D eigenvalue weighted by Gasteiger charge is 2.30. The van der Waals surface area contributed by atoms with Crippen molar-refractivity contribution in [3.05, 3.63) is 29.1 Å². The van der Waals surface area contributed by atoms with Crippen molar-refractivity contribution in [3.8, 4) is 5.75 Å². The van der Waals surface area contributed by atoms with E-state index in [1.54, 1.807) is 0 Å². The summed E-state index contributed by atoms with van der Waals surface area (Å²) in [7, 11) is 0. The van der Waals surface area contributed by atoms with Crippen LogP contribution in [-0.2, 0) is 0 Å². The Balaban J connectivity index is 2.38. The van der Waals surface area contributed by atoms with Gasteiger partial charge in [-0.1, -0.05) is 12.8 Å². The maximum absolute atomic E-state index is 13.8. The van der Waals surface area contributed by atoms with Crippen LogP contribution in [0.3, 0.4) is 0 Å².